The van der Waals surface area contributed by atoms with E-state index in [9.17, 15) is 0 Å². The Morgan fingerprint density at radius 2 is 1.93 bits per heavy atom. The third-order valence-corrected chi connectivity index (χ3v) is 5.19. The zero-order chi connectivity index (χ0) is 10.8. The van der Waals surface area contributed by atoms with Gasteiger partial charge < -0.3 is 9.13 Å². The molecule has 2 aromatic heterocycles. The van der Waals surface area contributed by atoms with E-state index in [1.165, 1.54) is 3.70 Å². The molecular weight excluding hydrogens is 418 g/mol. The van der Waals surface area contributed by atoms with Crippen LogP contribution in [0.25, 0.3) is 0 Å². The average Bonchev–Trinajstić information content (AvgIpc) is 2.74. The fraction of sp³-hybridized carbons (Fsp3) is 0.333. The summed E-state index contributed by atoms with van der Waals surface area (Å²) in [5.41, 5.74) is 0. The van der Waals surface area contributed by atoms with Crippen molar-refractivity contribution in [3.8, 4) is 0 Å². The Labute approximate surface area is 115 Å². The predicted octanol–water partition coefficient (Wildman–Crippen LogP) is 2.30. The molecule has 0 N–H and O–H groups in total. The number of aromatic nitrogens is 4. The van der Waals surface area contributed by atoms with Crippen LogP contribution in [0, 0.1) is 14.3 Å². The summed E-state index contributed by atoms with van der Waals surface area (Å²) in [6.07, 6.45) is 5.72. The monoisotopic (exact) mass is 428 g/mol. The van der Waals surface area contributed by atoms with Gasteiger partial charge in [-0.15, -0.1) is 0 Å². The van der Waals surface area contributed by atoms with Gasteiger partial charge in [-0.05, 0) is 52.1 Å². The standard InChI is InChI=1S/C9H10I2N4/c1-7-12-2-3-14(7)4-5-15-6-13-8(10)9(15)11/h2-3,6H,4-5H2,1H3. The molecule has 15 heavy (non-hydrogen) atoms. The van der Waals surface area contributed by atoms with Gasteiger partial charge in [-0.3, -0.25) is 0 Å². The maximum atomic E-state index is 4.26. The van der Waals surface area contributed by atoms with Crippen molar-refractivity contribution >= 4 is 45.2 Å². The molecule has 0 radical (unpaired) electrons. The highest BCUT2D eigenvalue weighted by Crippen LogP contribution is 2.13. The number of nitrogens with zero attached hydrogens (tertiary/aromatic N) is 4. The molecular formula is C9H10I2N4. The lowest BCUT2D eigenvalue weighted by atomic mass is 10.5. The van der Waals surface area contributed by atoms with E-state index in [0.29, 0.717) is 0 Å². The highest BCUT2D eigenvalue weighted by molar-refractivity contribution is 14.1. The Bertz CT molecular complexity index is 460. The summed E-state index contributed by atoms with van der Waals surface area (Å²) in [7, 11) is 0. The topological polar surface area (TPSA) is 35.6 Å². The van der Waals surface area contributed by atoms with E-state index >= 15 is 0 Å². The van der Waals surface area contributed by atoms with Crippen molar-refractivity contribution in [1.29, 1.82) is 0 Å². The number of halogens is 2. The number of hydrogen-bond acceptors (Lipinski definition) is 2. The van der Waals surface area contributed by atoms with Crippen molar-refractivity contribution in [2.75, 3.05) is 0 Å². The molecule has 0 amide bonds. The van der Waals surface area contributed by atoms with Crippen molar-refractivity contribution in [1.82, 2.24) is 19.1 Å². The molecule has 0 saturated carbocycles. The fourth-order valence-electron chi connectivity index (χ4n) is 1.35. The summed E-state index contributed by atoms with van der Waals surface area (Å²) >= 11 is 4.56. The predicted molar refractivity (Wildman–Crippen MR) is 74.6 cm³/mol. The van der Waals surface area contributed by atoms with Gasteiger partial charge >= 0.3 is 0 Å². The van der Waals surface area contributed by atoms with Crippen LogP contribution >= 0.6 is 45.2 Å². The molecule has 0 aliphatic heterocycles. The summed E-state index contributed by atoms with van der Waals surface area (Å²) in [6.45, 7) is 3.89. The third kappa shape index (κ3) is 2.52. The molecule has 2 aromatic rings. The maximum Gasteiger partial charge on any atom is 0.132 e. The molecule has 6 heteroatoms. The van der Waals surface area contributed by atoms with Crippen LogP contribution in [0.5, 0.6) is 0 Å². The lowest BCUT2D eigenvalue weighted by Crippen LogP contribution is -2.08. The molecule has 4 nitrogen and oxygen atoms in total. The Hall–Kier alpha value is -0.120. The molecule has 0 bridgehead atoms. The maximum absolute atomic E-state index is 4.26. The van der Waals surface area contributed by atoms with Gasteiger partial charge in [0.15, 0.2) is 0 Å². The lowest BCUT2D eigenvalue weighted by molar-refractivity contribution is 0.560. The zero-order valence-corrected chi connectivity index (χ0v) is 12.5. The molecule has 0 atom stereocenters. The van der Waals surface area contributed by atoms with Crippen LogP contribution in [0.4, 0.5) is 0 Å². The van der Waals surface area contributed by atoms with Crippen LogP contribution < -0.4 is 0 Å². The van der Waals surface area contributed by atoms with Crippen LogP contribution in [0.3, 0.4) is 0 Å². The van der Waals surface area contributed by atoms with Crippen LogP contribution in [-0.2, 0) is 13.1 Å². The Morgan fingerprint density at radius 3 is 2.47 bits per heavy atom. The number of hydrogen-bond donors (Lipinski definition) is 0. The van der Waals surface area contributed by atoms with E-state index in [1.54, 1.807) is 0 Å². The van der Waals surface area contributed by atoms with Crippen molar-refractivity contribution in [3.63, 3.8) is 0 Å². The molecule has 0 spiro atoms. The second-order valence-corrected chi connectivity index (χ2v) is 5.23. The van der Waals surface area contributed by atoms with E-state index in [-0.39, 0.29) is 0 Å². The summed E-state index contributed by atoms with van der Waals surface area (Å²) in [4.78, 5) is 8.45. The van der Waals surface area contributed by atoms with Gasteiger partial charge in [0.05, 0.1) is 6.33 Å². The zero-order valence-electron chi connectivity index (χ0n) is 8.19. The molecule has 0 aliphatic rings. The Balaban J connectivity index is 2.05. The van der Waals surface area contributed by atoms with E-state index in [1.807, 2.05) is 25.6 Å². The lowest BCUT2D eigenvalue weighted by Gasteiger charge is -2.06. The number of rotatable bonds is 3. The fourth-order valence-corrected chi connectivity index (χ4v) is 2.29. The van der Waals surface area contributed by atoms with E-state index in [0.717, 1.165) is 22.6 Å². The Kier molecular flexibility index (Phi) is 3.65. The quantitative estimate of drug-likeness (QED) is 0.704. The minimum absolute atomic E-state index is 0.936. The molecule has 80 valence electrons. The first kappa shape index (κ1) is 11.4. The molecule has 0 fully saturated rings. The smallest absolute Gasteiger partial charge is 0.132 e. The molecule has 2 rings (SSSR count). The SMILES string of the molecule is Cc1nccn1CCn1cnc(I)c1I. The summed E-state index contributed by atoms with van der Waals surface area (Å²) in [5.74, 6) is 1.06. The van der Waals surface area contributed by atoms with E-state index < -0.39 is 0 Å². The highest BCUT2D eigenvalue weighted by Gasteiger charge is 2.04. The minimum atomic E-state index is 0.936. The number of aryl methyl sites for hydroxylation is 3. The van der Waals surface area contributed by atoms with Gasteiger partial charge in [-0.1, -0.05) is 0 Å². The second-order valence-electron chi connectivity index (χ2n) is 3.19. The van der Waals surface area contributed by atoms with Crippen molar-refractivity contribution < 1.29 is 0 Å². The molecule has 0 unspecified atom stereocenters. The van der Waals surface area contributed by atoms with Gasteiger partial charge in [-0.25, -0.2) is 9.97 Å². The first-order valence-electron chi connectivity index (χ1n) is 4.52. The van der Waals surface area contributed by atoms with Crippen LogP contribution in [0.1, 0.15) is 5.82 Å². The second kappa shape index (κ2) is 4.81. The molecule has 2 heterocycles. The number of imidazole rings is 2. The van der Waals surface area contributed by atoms with Crippen molar-refractivity contribution in [2.45, 2.75) is 20.0 Å². The van der Waals surface area contributed by atoms with Gasteiger partial charge in [0.2, 0.25) is 0 Å². The van der Waals surface area contributed by atoms with Crippen LogP contribution in [0.15, 0.2) is 18.7 Å². The Morgan fingerprint density at radius 1 is 1.20 bits per heavy atom. The van der Waals surface area contributed by atoms with Gasteiger partial charge in [0, 0.05) is 25.5 Å². The average molecular weight is 428 g/mol. The van der Waals surface area contributed by atoms with Crippen molar-refractivity contribution in [3.05, 3.63) is 31.9 Å². The normalized spacial score (nSPS) is 10.9. The molecule has 0 aliphatic carbocycles. The third-order valence-electron chi connectivity index (χ3n) is 2.24. The minimum Gasteiger partial charge on any atom is -0.333 e. The largest absolute Gasteiger partial charge is 0.333 e. The summed E-state index contributed by atoms with van der Waals surface area (Å²) in [6, 6.07) is 0. The molecule has 0 aromatic carbocycles. The summed E-state index contributed by atoms with van der Waals surface area (Å²) < 4.78 is 6.56. The van der Waals surface area contributed by atoms with E-state index in [2.05, 4.69) is 64.3 Å². The van der Waals surface area contributed by atoms with E-state index in [4.69, 9.17) is 0 Å². The van der Waals surface area contributed by atoms with Gasteiger partial charge in [0.1, 0.15) is 13.2 Å². The van der Waals surface area contributed by atoms with Crippen molar-refractivity contribution in [2.24, 2.45) is 0 Å². The highest BCUT2D eigenvalue weighted by atomic mass is 127. The van der Waals surface area contributed by atoms with Gasteiger partial charge in [0.25, 0.3) is 0 Å². The van der Waals surface area contributed by atoms with Crippen LogP contribution in [-0.4, -0.2) is 19.1 Å². The van der Waals surface area contributed by atoms with Crippen LogP contribution in [0.2, 0.25) is 0 Å². The summed E-state index contributed by atoms with van der Waals surface area (Å²) in [5, 5.41) is 0. The first-order valence-corrected chi connectivity index (χ1v) is 6.68. The first-order chi connectivity index (χ1) is 7.18. The van der Waals surface area contributed by atoms with Gasteiger partial charge in [-0.2, -0.15) is 0 Å². The molecule has 0 saturated heterocycles.